The average Bonchev–Trinajstić information content (AvgIpc) is 2.52. The van der Waals surface area contributed by atoms with E-state index in [4.69, 9.17) is 11.6 Å². The Kier molecular flexibility index (Phi) is 4.56. The van der Waals surface area contributed by atoms with Crippen molar-refractivity contribution in [3.63, 3.8) is 0 Å². The second-order valence-electron chi connectivity index (χ2n) is 5.85. The van der Waals surface area contributed by atoms with E-state index in [-0.39, 0.29) is 0 Å². The molecule has 1 aromatic carbocycles. The SMILES string of the molecule is CN1CCC(CCNc2nnc(Cl)c3ccccc23)CC1. The van der Waals surface area contributed by atoms with Gasteiger partial charge in [0.05, 0.1) is 0 Å². The van der Waals surface area contributed by atoms with Gasteiger partial charge in [0.1, 0.15) is 0 Å². The van der Waals surface area contributed by atoms with Gasteiger partial charge >= 0.3 is 0 Å². The standard InChI is InChI=1S/C16H21ClN4/c1-21-10-7-12(8-11-21)6-9-18-16-14-5-3-2-4-13(14)15(17)19-20-16/h2-5,12H,6-11H2,1H3,(H,18,20). The fraction of sp³-hybridized carbons (Fsp3) is 0.500. The van der Waals surface area contributed by atoms with Crippen molar-refractivity contribution < 1.29 is 0 Å². The zero-order chi connectivity index (χ0) is 14.7. The smallest absolute Gasteiger partial charge is 0.159 e. The number of likely N-dealkylation sites (tertiary alicyclic amines) is 1. The highest BCUT2D eigenvalue weighted by Gasteiger charge is 2.16. The number of nitrogens with zero attached hydrogens (tertiary/aromatic N) is 3. The molecule has 1 aliphatic rings. The summed E-state index contributed by atoms with van der Waals surface area (Å²) in [6, 6.07) is 7.99. The number of hydrogen-bond donors (Lipinski definition) is 1. The third kappa shape index (κ3) is 3.44. The Balaban J connectivity index is 1.62. The number of fused-ring (bicyclic) bond motifs is 1. The van der Waals surface area contributed by atoms with Gasteiger partial charge in [0, 0.05) is 17.3 Å². The number of nitrogens with one attached hydrogen (secondary N) is 1. The maximum absolute atomic E-state index is 6.09. The lowest BCUT2D eigenvalue weighted by molar-refractivity contribution is 0.215. The topological polar surface area (TPSA) is 41.0 Å². The van der Waals surface area contributed by atoms with E-state index in [1.165, 1.54) is 32.4 Å². The first kappa shape index (κ1) is 14.5. The fourth-order valence-electron chi connectivity index (χ4n) is 2.95. The van der Waals surface area contributed by atoms with Crippen LogP contribution in [0.15, 0.2) is 24.3 Å². The second kappa shape index (κ2) is 6.58. The Morgan fingerprint density at radius 1 is 1.19 bits per heavy atom. The van der Waals surface area contributed by atoms with Crippen LogP contribution in [0.1, 0.15) is 19.3 Å². The molecular weight excluding hydrogens is 284 g/mol. The summed E-state index contributed by atoms with van der Waals surface area (Å²) in [5.41, 5.74) is 0. The monoisotopic (exact) mass is 304 g/mol. The molecule has 0 bridgehead atoms. The van der Waals surface area contributed by atoms with E-state index < -0.39 is 0 Å². The Morgan fingerprint density at radius 2 is 1.90 bits per heavy atom. The van der Waals surface area contributed by atoms with Crippen LogP contribution in [0.2, 0.25) is 5.15 Å². The molecule has 0 amide bonds. The maximum Gasteiger partial charge on any atom is 0.159 e. The van der Waals surface area contributed by atoms with E-state index in [2.05, 4.69) is 27.5 Å². The molecule has 21 heavy (non-hydrogen) atoms. The number of benzene rings is 1. The fourth-order valence-corrected chi connectivity index (χ4v) is 3.15. The summed E-state index contributed by atoms with van der Waals surface area (Å²) in [6.07, 6.45) is 3.78. The highest BCUT2D eigenvalue weighted by atomic mass is 35.5. The minimum absolute atomic E-state index is 0.464. The van der Waals surface area contributed by atoms with Gasteiger partial charge in [0.25, 0.3) is 0 Å². The van der Waals surface area contributed by atoms with Gasteiger partial charge in [-0.25, -0.2) is 0 Å². The van der Waals surface area contributed by atoms with E-state index in [0.717, 1.165) is 29.1 Å². The lowest BCUT2D eigenvalue weighted by Crippen LogP contribution is -2.30. The van der Waals surface area contributed by atoms with Crippen molar-refractivity contribution in [1.29, 1.82) is 0 Å². The maximum atomic E-state index is 6.09. The van der Waals surface area contributed by atoms with Crippen LogP contribution in [0.4, 0.5) is 5.82 Å². The van der Waals surface area contributed by atoms with Crippen LogP contribution in [0, 0.1) is 5.92 Å². The summed E-state index contributed by atoms with van der Waals surface area (Å²) in [5, 5.41) is 14.1. The number of halogens is 1. The molecule has 0 aliphatic carbocycles. The summed E-state index contributed by atoms with van der Waals surface area (Å²) < 4.78 is 0. The minimum Gasteiger partial charge on any atom is -0.368 e. The summed E-state index contributed by atoms with van der Waals surface area (Å²) in [4.78, 5) is 2.40. The molecule has 0 saturated carbocycles. The Hall–Kier alpha value is -1.39. The third-order valence-corrected chi connectivity index (χ3v) is 4.60. The molecule has 5 heteroatoms. The molecule has 2 heterocycles. The number of piperidine rings is 1. The second-order valence-corrected chi connectivity index (χ2v) is 6.21. The lowest BCUT2D eigenvalue weighted by atomic mass is 9.94. The van der Waals surface area contributed by atoms with E-state index in [1.807, 2.05) is 24.3 Å². The summed E-state index contributed by atoms with van der Waals surface area (Å²) in [6.45, 7) is 3.37. The number of rotatable bonds is 4. The molecule has 0 radical (unpaired) electrons. The molecule has 1 fully saturated rings. The molecule has 1 N–H and O–H groups in total. The molecule has 1 aliphatic heterocycles. The first-order valence-corrected chi connectivity index (χ1v) is 7.95. The van der Waals surface area contributed by atoms with Crippen LogP contribution < -0.4 is 5.32 Å². The summed E-state index contributed by atoms with van der Waals surface area (Å²) in [5.74, 6) is 1.66. The van der Waals surface area contributed by atoms with E-state index in [9.17, 15) is 0 Å². The Bertz CT molecular complexity index is 608. The van der Waals surface area contributed by atoms with Crippen molar-refractivity contribution in [2.75, 3.05) is 32.0 Å². The number of aromatic nitrogens is 2. The molecule has 0 unspecified atom stereocenters. The lowest BCUT2D eigenvalue weighted by Gasteiger charge is -2.28. The zero-order valence-electron chi connectivity index (χ0n) is 12.3. The molecule has 2 aromatic rings. The highest BCUT2D eigenvalue weighted by Crippen LogP contribution is 2.26. The van der Waals surface area contributed by atoms with E-state index in [0.29, 0.717) is 5.15 Å². The molecule has 4 nitrogen and oxygen atoms in total. The molecule has 1 aromatic heterocycles. The molecule has 3 rings (SSSR count). The van der Waals surface area contributed by atoms with Gasteiger partial charge in [0.2, 0.25) is 0 Å². The van der Waals surface area contributed by atoms with Crippen molar-refractivity contribution in [2.45, 2.75) is 19.3 Å². The molecule has 0 atom stereocenters. The first-order valence-electron chi connectivity index (χ1n) is 7.57. The normalized spacial score (nSPS) is 17.2. The molecule has 0 spiro atoms. The van der Waals surface area contributed by atoms with Crippen LogP contribution >= 0.6 is 11.6 Å². The van der Waals surface area contributed by atoms with Gasteiger partial charge in [-0.3, -0.25) is 0 Å². The number of hydrogen-bond acceptors (Lipinski definition) is 4. The van der Waals surface area contributed by atoms with Crippen LogP contribution in [-0.2, 0) is 0 Å². The van der Waals surface area contributed by atoms with Gasteiger partial charge in [-0.05, 0) is 45.3 Å². The van der Waals surface area contributed by atoms with Gasteiger partial charge in [-0.15, -0.1) is 10.2 Å². The van der Waals surface area contributed by atoms with Gasteiger partial charge in [-0.2, -0.15) is 0 Å². The molecule has 1 saturated heterocycles. The van der Waals surface area contributed by atoms with E-state index in [1.54, 1.807) is 0 Å². The zero-order valence-corrected chi connectivity index (χ0v) is 13.1. The van der Waals surface area contributed by atoms with Crippen molar-refractivity contribution >= 4 is 28.2 Å². The van der Waals surface area contributed by atoms with Gasteiger partial charge in [0.15, 0.2) is 11.0 Å². The number of anilines is 1. The van der Waals surface area contributed by atoms with Crippen LogP contribution in [0.5, 0.6) is 0 Å². The largest absolute Gasteiger partial charge is 0.368 e. The summed E-state index contributed by atoms with van der Waals surface area (Å²) in [7, 11) is 2.20. The Morgan fingerprint density at radius 3 is 2.67 bits per heavy atom. The first-order chi connectivity index (χ1) is 10.2. The van der Waals surface area contributed by atoms with Gasteiger partial charge < -0.3 is 10.2 Å². The van der Waals surface area contributed by atoms with Crippen molar-refractivity contribution in [2.24, 2.45) is 5.92 Å². The summed E-state index contributed by atoms with van der Waals surface area (Å²) >= 11 is 6.09. The van der Waals surface area contributed by atoms with Crippen LogP contribution in [0.3, 0.4) is 0 Å². The molecule has 112 valence electrons. The van der Waals surface area contributed by atoms with Crippen LogP contribution in [-0.4, -0.2) is 41.8 Å². The van der Waals surface area contributed by atoms with Crippen molar-refractivity contribution in [3.05, 3.63) is 29.4 Å². The highest BCUT2D eigenvalue weighted by molar-refractivity contribution is 6.34. The van der Waals surface area contributed by atoms with Crippen molar-refractivity contribution in [3.8, 4) is 0 Å². The van der Waals surface area contributed by atoms with Crippen molar-refractivity contribution in [1.82, 2.24) is 15.1 Å². The average molecular weight is 305 g/mol. The predicted molar refractivity (Wildman–Crippen MR) is 87.9 cm³/mol. The molecular formula is C16H21ClN4. The third-order valence-electron chi connectivity index (χ3n) is 4.33. The predicted octanol–water partition coefficient (Wildman–Crippen LogP) is 3.43. The minimum atomic E-state index is 0.464. The Labute approximate surface area is 130 Å². The van der Waals surface area contributed by atoms with Crippen LogP contribution in [0.25, 0.3) is 10.8 Å². The van der Waals surface area contributed by atoms with Gasteiger partial charge in [-0.1, -0.05) is 35.9 Å². The quantitative estimate of drug-likeness (QED) is 0.939. The van der Waals surface area contributed by atoms with E-state index >= 15 is 0 Å².